The Kier molecular flexibility index (Phi) is 4.49. The fraction of sp³-hybridized carbons (Fsp3) is 0.381. The Bertz CT molecular complexity index is 802. The molecule has 0 aromatic heterocycles. The summed E-state index contributed by atoms with van der Waals surface area (Å²) < 4.78 is 27.6. The van der Waals surface area contributed by atoms with Gasteiger partial charge in [0.25, 0.3) is 0 Å². The van der Waals surface area contributed by atoms with E-state index in [-0.39, 0.29) is 30.6 Å². The quantitative estimate of drug-likeness (QED) is 0.911. The molecule has 0 aliphatic carbocycles. The van der Waals surface area contributed by atoms with Gasteiger partial charge in [-0.3, -0.25) is 4.79 Å². The van der Waals surface area contributed by atoms with Crippen LogP contribution in [0.1, 0.15) is 35.6 Å². The highest BCUT2D eigenvalue weighted by Crippen LogP contribution is 2.36. The lowest BCUT2D eigenvalue weighted by molar-refractivity contribution is -0.134. The molecule has 0 bridgehead atoms. The summed E-state index contributed by atoms with van der Waals surface area (Å²) in [6, 6.07) is 14.1. The van der Waals surface area contributed by atoms with Crippen LogP contribution < -0.4 is 5.32 Å². The zero-order valence-corrected chi connectivity index (χ0v) is 14.6. The molecule has 2 aromatic rings. The molecule has 1 saturated heterocycles. The van der Waals surface area contributed by atoms with Crippen LogP contribution in [0.15, 0.2) is 48.5 Å². The highest BCUT2D eigenvalue weighted by atomic mass is 19.1. The third kappa shape index (κ3) is 3.23. The van der Waals surface area contributed by atoms with Crippen molar-refractivity contribution in [2.75, 3.05) is 19.6 Å². The molecule has 5 heteroatoms. The van der Waals surface area contributed by atoms with E-state index < -0.39 is 5.67 Å². The lowest BCUT2D eigenvalue weighted by Crippen LogP contribution is -2.56. The summed E-state index contributed by atoms with van der Waals surface area (Å²) in [5, 5.41) is 2.92. The average Bonchev–Trinajstić information content (AvgIpc) is 2.64. The second-order valence-corrected chi connectivity index (χ2v) is 7.24. The van der Waals surface area contributed by atoms with Crippen molar-refractivity contribution in [3.8, 4) is 0 Å². The Labute approximate surface area is 152 Å². The molecule has 3 nitrogen and oxygen atoms in total. The summed E-state index contributed by atoms with van der Waals surface area (Å²) in [6.07, 6.45) is 1.22. The predicted octanol–water partition coefficient (Wildman–Crippen LogP) is 3.39. The van der Waals surface area contributed by atoms with Crippen molar-refractivity contribution in [2.45, 2.75) is 31.0 Å². The number of nitrogens with one attached hydrogen (secondary N) is 1. The molecular weight excluding hydrogens is 334 g/mol. The van der Waals surface area contributed by atoms with E-state index >= 15 is 0 Å². The molecule has 0 unspecified atom stereocenters. The van der Waals surface area contributed by atoms with Crippen molar-refractivity contribution >= 4 is 5.91 Å². The molecule has 26 heavy (non-hydrogen) atoms. The van der Waals surface area contributed by atoms with Gasteiger partial charge in [0.05, 0.1) is 6.04 Å². The maximum Gasteiger partial charge on any atom is 0.223 e. The number of rotatable bonds is 4. The van der Waals surface area contributed by atoms with Gasteiger partial charge in [-0.15, -0.1) is 0 Å². The van der Waals surface area contributed by atoms with Crippen molar-refractivity contribution in [2.24, 2.45) is 0 Å². The first-order valence-electron chi connectivity index (χ1n) is 9.08. The molecule has 0 radical (unpaired) electrons. The third-order valence-electron chi connectivity index (χ3n) is 5.46. The number of amides is 1. The first-order chi connectivity index (χ1) is 12.6. The van der Waals surface area contributed by atoms with Crippen molar-refractivity contribution in [1.82, 2.24) is 10.2 Å². The largest absolute Gasteiger partial charge is 0.331 e. The highest BCUT2D eigenvalue weighted by molar-refractivity contribution is 5.78. The number of benzene rings is 2. The van der Waals surface area contributed by atoms with Gasteiger partial charge in [0, 0.05) is 26.1 Å². The van der Waals surface area contributed by atoms with Crippen LogP contribution in [0.2, 0.25) is 0 Å². The normalized spacial score (nSPS) is 21.0. The van der Waals surface area contributed by atoms with Gasteiger partial charge in [-0.2, -0.15) is 0 Å². The number of alkyl halides is 1. The second-order valence-electron chi connectivity index (χ2n) is 7.24. The van der Waals surface area contributed by atoms with Gasteiger partial charge in [0.15, 0.2) is 0 Å². The summed E-state index contributed by atoms with van der Waals surface area (Å²) in [7, 11) is 0. The number of hydrogen-bond donors (Lipinski definition) is 1. The minimum Gasteiger partial charge on any atom is -0.331 e. The predicted molar refractivity (Wildman–Crippen MR) is 96.0 cm³/mol. The summed E-state index contributed by atoms with van der Waals surface area (Å²) in [6.45, 7) is 1.24. The Hall–Kier alpha value is -2.27. The molecule has 1 atom stereocenters. The van der Waals surface area contributed by atoms with Crippen LogP contribution in [0.3, 0.4) is 0 Å². The standard InChI is InChI=1S/C21H22F2N2O/c22-17-7-5-16(6-8-17)20-18-4-2-1-3-15(18)10-12-25(20)19(26)9-11-21(23)13-24-14-21/h1-8,20,24H,9-14H2/t20-/m0/s1. The van der Waals surface area contributed by atoms with Crippen molar-refractivity contribution in [1.29, 1.82) is 0 Å². The average molecular weight is 356 g/mol. The van der Waals surface area contributed by atoms with Crippen LogP contribution in [0.25, 0.3) is 0 Å². The zero-order chi connectivity index (χ0) is 18.1. The van der Waals surface area contributed by atoms with E-state index in [0.29, 0.717) is 19.6 Å². The molecule has 1 N–H and O–H groups in total. The van der Waals surface area contributed by atoms with Gasteiger partial charge >= 0.3 is 0 Å². The van der Waals surface area contributed by atoms with Crippen LogP contribution in [0.4, 0.5) is 8.78 Å². The molecule has 1 fully saturated rings. The Balaban J connectivity index is 1.62. The Morgan fingerprint density at radius 1 is 1.15 bits per heavy atom. The van der Waals surface area contributed by atoms with Crippen molar-refractivity contribution < 1.29 is 13.6 Å². The van der Waals surface area contributed by atoms with E-state index in [0.717, 1.165) is 17.5 Å². The minimum atomic E-state index is -1.26. The van der Waals surface area contributed by atoms with E-state index in [1.807, 2.05) is 23.1 Å². The molecule has 2 heterocycles. The van der Waals surface area contributed by atoms with Gasteiger partial charge in [-0.25, -0.2) is 8.78 Å². The monoisotopic (exact) mass is 356 g/mol. The SMILES string of the molecule is O=C(CCC1(F)CNC1)N1CCc2ccccc2[C@@H]1c1ccc(F)cc1. The molecular formula is C21H22F2N2O. The van der Waals surface area contributed by atoms with E-state index in [2.05, 4.69) is 11.4 Å². The van der Waals surface area contributed by atoms with Gasteiger partial charge in [0.1, 0.15) is 11.5 Å². The lowest BCUT2D eigenvalue weighted by Gasteiger charge is -2.39. The van der Waals surface area contributed by atoms with E-state index in [1.165, 1.54) is 17.7 Å². The third-order valence-corrected chi connectivity index (χ3v) is 5.46. The maximum atomic E-state index is 14.3. The topological polar surface area (TPSA) is 32.3 Å². The number of carbonyl (C=O) groups excluding carboxylic acids is 1. The fourth-order valence-corrected chi connectivity index (χ4v) is 3.89. The van der Waals surface area contributed by atoms with Gasteiger partial charge in [0.2, 0.25) is 5.91 Å². The second kappa shape index (κ2) is 6.80. The summed E-state index contributed by atoms with van der Waals surface area (Å²) in [4.78, 5) is 14.7. The minimum absolute atomic E-state index is 0.0437. The summed E-state index contributed by atoms with van der Waals surface area (Å²) in [5.41, 5.74) is 1.90. The first-order valence-corrected chi connectivity index (χ1v) is 9.08. The summed E-state index contributed by atoms with van der Waals surface area (Å²) >= 11 is 0. The lowest BCUT2D eigenvalue weighted by atomic mass is 9.87. The molecule has 4 rings (SSSR count). The zero-order valence-electron chi connectivity index (χ0n) is 14.6. The van der Waals surface area contributed by atoms with Crippen molar-refractivity contribution in [3.05, 3.63) is 71.0 Å². The van der Waals surface area contributed by atoms with E-state index in [9.17, 15) is 13.6 Å². The smallest absolute Gasteiger partial charge is 0.223 e. The van der Waals surface area contributed by atoms with E-state index in [1.54, 1.807) is 12.1 Å². The molecule has 0 saturated carbocycles. The molecule has 2 aliphatic heterocycles. The van der Waals surface area contributed by atoms with Gasteiger partial charge in [-0.1, -0.05) is 36.4 Å². The molecule has 2 aliphatic rings. The van der Waals surface area contributed by atoms with Crippen LogP contribution >= 0.6 is 0 Å². The van der Waals surface area contributed by atoms with Crippen molar-refractivity contribution in [3.63, 3.8) is 0 Å². The first kappa shape index (κ1) is 17.2. The highest BCUT2D eigenvalue weighted by Gasteiger charge is 2.38. The van der Waals surface area contributed by atoms with Gasteiger partial charge < -0.3 is 10.2 Å². The van der Waals surface area contributed by atoms with Crippen LogP contribution in [0, 0.1) is 5.82 Å². The number of halogens is 2. The molecule has 2 aromatic carbocycles. The van der Waals surface area contributed by atoms with E-state index in [4.69, 9.17) is 0 Å². The van der Waals surface area contributed by atoms with Crippen LogP contribution in [-0.4, -0.2) is 36.1 Å². The van der Waals surface area contributed by atoms with Gasteiger partial charge in [-0.05, 0) is 41.7 Å². The molecule has 1 amide bonds. The Morgan fingerprint density at radius 3 is 2.58 bits per heavy atom. The van der Waals surface area contributed by atoms with Crippen LogP contribution in [-0.2, 0) is 11.2 Å². The number of hydrogen-bond acceptors (Lipinski definition) is 2. The number of nitrogens with zero attached hydrogens (tertiary/aromatic N) is 1. The number of carbonyl (C=O) groups is 1. The van der Waals surface area contributed by atoms with Crippen LogP contribution in [0.5, 0.6) is 0 Å². The maximum absolute atomic E-state index is 14.3. The molecule has 0 spiro atoms. The Morgan fingerprint density at radius 2 is 1.88 bits per heavy atom. The fourth-order valence-electron chi connectivity index (χ4n) is 3.89. The molecule has 136 valence electrons. The number of fused-ring (bicyclic) bond motifs is 1. The summed E-state index contributed by atoms with van der Waals surface area (Å²) in [5.74, 6) is -0.342.